The summed E-state index contributed by atoms with van der Waals surface area (Å²) in [6, 6.07) is 8.20. The monoisotopic (exact) mass is 369 g/mol. The Morgan fingerprint density at radius 1 is 1.33 bits per heavy atom. The molecule has 112 valence electrons. The Morgan fingerprint density at radius 3 is 2.81 bits per heavy atom. The standard InChI is InChI=1S/C15H16BrN3O.ClH/c1-19-9-13(16)5-14(19)15(20)18-6-10-2-3-11-7-17-8-12(11)4-10;/h2-5,9,17H,6-8H2,1H3,(H,18,20);1H. The van der Waals surface area contributed by atoms with E-state index in [0.29, 0.717) is 12.2 Å². The number of aromatic nitrogens is 1. The number of benzene rings is 1. The summed E-state index contributed by atoms with van der Waals surface area (Å²) in [6.07, 6.45) is 1.87. The molecule has 2 heterocycles. The van der Waals surface area contributed by atoms with Gasteiger partial charge in [-0.2, -0.15) is 0 Å². The number of halogens is 2. The molecule has 0 saturated heterocycles. The molecule has 4 nitrogen and oxygen atoms in total. The van der Waals surface area contributed by atoms with Gasteiger partial charge in [0.1, 0.15) is 5.69 Å². The Morgan fingerprint density at radius 2 is 2.10 bits per heavy atom. The Labute approximate surface area is 138 Å². The van der Waals surface area contributed by atoms with Crippen molar-refractivity contribution in [1.82, 2.24) is 15.2 Å². The topological polar surface area (TPSA) is 46.1 Å². The molecule has 2 N–H and O–H groups in total. The molecule has 1 aliphatic heterocycles. The van der Waals surface area contributed by atoms with Crippen LogP contribution in [0.2, 0.25) is 0 Å². The highest BCUT2D eigenvalue weighted by molar-refractivity contribution is 9.10. The van der Waals surface area contributed by atoms with E-state index < -0.39 is 0 Å². The number of amides is 1. The highest BCUT2D eigenvalue weighted by atomic mass is 79.9. The van der Waals surface area contributed by atoms with E-state index in [1.165, 1.54) is 11.1 Å². The second-order valence-corrected chi connectivity index (χ2v) is 5.96. The van der Waals surface area contributed by atoms with Crippen LogP contribution in [0.25, 0.3) is 0 Å². The summed E-state index contributed by atoms with van der Waals surface area (Å²) in [5, 5.41) is 6.28. The minimum atomic E-state index is -0.0585. The first-order valence-electron chi connectivity index (χ1n) is 6.55. The summed E-state index contributed by atoms with van der Waals surface area (Å²) in [6.45, 7) is 2.41. The van der Waals surface area contributed by atoms with Crippen LogP contribution < -0.4 is 10.6 Å². The predicted molar refractivity (Wildman–Crippen MR) is 88.5 cm³/mol. The van der Waals surface area contributed by atoms with Gasteiger partial charge in [-0.25, -0.2) is 0 Å². The maximum Gasteiger partial charge on any atom is 0.268 e. The van der Waals surface area contributed by atoms with Crippen molar-refractivity contribution >= 4 is 34.2 Å². The number of nitrogens with one attached hydrogen (secondary N) is 2. The molecule has 0 saturated carbocycles. The zero-order chi connectivity index (χ0) is 14.1. The molecular weight excluding hydrogens is 354 g/mol. The molecule has 1 aromatic carbocycles. The number of nitrogens with zero attached hydrogens (tertiary/aromatic N) is 1. The predicted octanol–water partition coefficient (Wildman–Crippen LogP) is 2.74. The first-order valence-corrected chi connectivity index (χ1v) is 7.34. The van der Waals surface area contributed by atoms with Gasteiger partial charge in [-0.15, -0.1) is 12.4 Å². The van der Waals surface area contributed by atoms with Gasteiger partial charge < -0.3 is 15.2 Å². The van der Waals surface area contributed by atoms with E-state index in [0.717, 1.165) is 23.1 Å². The molecule has 0 radical (unpaired) electrons. The average molecular weight is 371 g/mol. The van der Waals surface area contributed by atoms with E-state index in [2.05, 4.69) is 44.8 Å². The third-order valence-corrected chi connectivity index (χ3v) is 3.99. The van der Waals surface area contributed by atoms with Crippen LogP contribution in [0.5, 0.6) is 0 Å². The molecule has 0 unspecified atom stereocenters. The minimum absolute atomic E-state index is 0. The van der Waals surface area contributed by atoms with Gasteiger partial charge in [-0.05, 0) is 38.7 Å². The zero-order valence-electron chi connectivity index (χ0n) is 11.6. The van der Waals surface area contributed by atoms with Crippen LogP contribution in [-0.4, -0.2) is 10.5 Å². The van der Waals surface area contributed by atoms with Gasteiger partial charge in [0.2, 0.25) is 0 Å². The number of hydrogen-bond acceptors (Lipinski definition) is 2. The molecule has 21 heavy (non-hydrogen) atoms. The van der Waals surface area contributed by atoms with Gasteiger partial charge in [-0.1, -0.05) is 18.2 Å². The number of carbonyl (C=O) groups is 1. The van der Waals surface area contributed by atoms with E-state index in [9.17, 15) is 4.79 Å². The van der Waals surface area contributed by atoms with Crippen molar-refractivity contribution in [3.05, 3.63) is 57.3 Å². The number of aryl methyl sites for hydroxylation is 1. The Bertz CT molecular complexity index is 669. The van der Waals surface area contributed by atoms with E-state index >= 15 is 0 Å². The molecule has 3 rings (SSSR count). The molecule has 6 heteroatoms. The van der Waals surface area contributed by atoms with Crippen LogP contribution in [0.4, 0.5) is 0 Å². The highest BCUT2D eigenvalue weighted by Gasteiger charge is 2.12. The first-order chi connectivity index (χ1) is 9.63. The second-order valence-electron chi connectivity index (χ2n) is 5.04. The van der Waals surface area contributed by atoms with E-state index in [4.69, 9.17) is 0 Å². The van der Waals surface area contributed by atoms with Crippen molar-refractivity contribution in [1.29, 1.82) is 0 Å². The largest absolute Gasteiger partial charge is 0.347 e. The molecule has 0 atom stereocenters. The summed E-state index contributed by atoms with van der Waals surface area (Å²) < 4.78 is 2.72. The van der Waals surface area contributed by atoms with Crippen molar-refractivity contribution in [2.45, 2.75) is 19.6 Å². The van der Waals surface area contributed by atoms with Crippen LogP contribution >= 0.6 is 28.3 Å². The minimum Gasteiger partial charge on any atom is -0.347 e. The van der Waals surface area contributed by atoms with E-state index in [-0.39, 0.29) is 18.3 Å². The first kappa shape index (κ1) is 16.1. The molecule has 2 aromatic rings. The molecule has 1 aromatic heterocycles. The zero-order valence-corrected chi connectivity index (χ0v) is 14.1. The fraction of sp³-hybridized carbons (Fsp3) is 0.267. The van der Waals surface area contributed by atoms with Crippen molar-refractivity contribution in [2.24, 2.45) is 7.05 Å². The van der Waals surface area contributed by atoms with Crippen LogP contribution in [0.1, 0.15) is 27.2 Å². The van der Waals surface area contributed by atoms with Crippen molar-refractivity contribution < 1.29 is 4.79 Å². The van der Waals surface area contributed by atoms with Crippen LogP contribution in [-0.2, 0) is 26.7 Å². The van der Waals surface area contributed by atoms with E-state index in [1.807, 2.05) is 23.9 Å². The fourth-order valence-corrected chi connectivity index (χ4v) is 3.00. The molecule has 0 bridgehead atoms. The highest BCUT2D eigenvalue weighted by Crippen LogP contribution is 2.17. The molecule has 1 aliphatic rings. The van der Waals surface area contributed by atoms with Crippen LogP contribution in [0.15, 0.2) is 34.9 Å². The quantitative estimate of drug-likeness (QED) is 0.873. The maximum atomic E-state index is 12.1. The van der Waals surface area contributed by atoms with Crippen LogP contribution in [0.3, 0.4) is 0 Å². The molecule has 0 spiro atoms. The molecule has 0 fully saturated rings. The Balaban J connectivity index is 0.00000161. The van der Waals surface area contributed by atoms with Gasteiger partial charge in [-0.3, -0.25) is 4.79 Å². The van der Waals surface area contributed by atoms with Crippen molar-refractivity contribution in [3.63, 3.8) is 0 Å². The molecular formula is C15H17BrClN3O. The lowest BCUT2D eigenvalue weighted by molar-refractivity contribution is 0.0943. The number of rotatable bonds is 3. The fourth-order valence-electron chi connectivity index (χ4n) is 2.48. The summed E-state index contributed by atoms with van der Waals surface area (Å²) in [5.74, 6) is -0.0585. The Kier molecular flexibility index (Phi) is 5.08. The third kappa shape index (κ3) is 3.48. The van der Waals surface area contributed by atoms with Crippen molar-refractivity contribution in [2.75, 3.05) is 0 Å². The average Bonchev–Trinajstić information content (AvgIpc) is 3.01. The summed E-state index contributed by atoms with van der Waals surface area (Å²) in [4.78, 5) is 12.1. The van der Waals surface area contributed by atoms with Gasteiger partial charge in [0.05, 0.1) is 0 Å². The third-order valence-electron chi connectivity index (χ3n) is 3.56. The number of hydrogen-bond donors (Lipinski definition) is 2. The number of fused-ring (bicyclic) bond motifs is 1. The van der Waals surface area contributed by atoms with Gasteiger partial charge in [0, 0.05) is 37.4 Å². The lowest BCUT2D eigenvalue weighted by Crippen LogP contribution is -2.24. The second kappa shape index (κ2) is 6.64. The maximum absolute atomic E-state index is 12.1. The summed E-state index contributed by atoms with van der Waals surface area (Å²) >= 11 is 3.37. The van der Waals surface area contributed by atoms with Crippen LogP contribution in [0, 0.1) is 0 Å². The van der Waals surface area contributed by atoms with Gasteiger partial charge >= 0.3 is 0 Å². The molecule has 0 aliphatic carbocycles. The van der Waals surface area contributed by atoms with Gasteiger partial charge in [0.25, 0.3) is 5.91 Å². The lowest BCUT2D eigenvalue weighted by Gasteiger charge is -2.07. The van der Waals surface area contributed by atoms with Crippen molar-refractivity contribution in [3.8, 4) is 0 Å². The lowest BCUT2D eigenvalue weighted by atomic mass is 10.1. The normalized spacial score (nSPS) is 12.7. The van der Waals surface area contributed by atoms with Gasteiger partial charge in [0.15, 0.2) is 0 Å². The Hall–Kier alpha value is -1.30. The smallest absolute Gasteiger partial charge is 0.268 e. The van der Waals surface area contributed by atoms with E-state index in [1.54, 1.807) is 0 Å². The summed E-state index contributed by atoms with van der Waals surface area (Å²) in [5.41, 5.74) is 4.47. The number of carbonyl (C=O) groups excluding carboxylic acids is 1. The molecule has 1 amide bonds. The summed E-state index contributed by atoms with van der Waals surface area (Å²) in [7, 11) is 1.86. The SMILES string of the molecule is Cl.Cn1cc(Br)cc1C(=O)NCc1ccc2c(c1)CNC2.